The maximum Gasteiger partial charge on any atom is 0.251 e. The fourth-order valence-corrected chi connectivity index (χ4v) is 3.66. The van der Waals surface area contributed by atoms with E-state index in [9.17, 15) is 4.79 Å². The van der Waals surface area contributed by atoms with Crippen LogP contribution in [0.1, 0.15) is 31.9 Å². The number of hydrogen-bond donors (Lipinski definition) is 2. The van der Waals surface area contributed by atoms with Gasteiger partial charge in [0.2, 0.25) is 0 Å². The largest absolute Gasteiger partial charge is 0.383 e. The third kappa shape index (κ3) is 4.82. The van der Waals surface area contributed by atoms with E-state index in [-0.39, 0.29) is 5.91 Å². The predicted molar refractivity (Wildman–Crippen MR) is 123 cm³/mol. The van der Waals surface area contributed by atoms with Gasteiger partial charge in [-0.1, -0.05) is 24.0 Å². The summed E-state index contributed by atoms with van der Waals surface area (Å²) in [5.74, 6) is 6.50. The molecule has 1 aromatic carbocycles. The Morgan fingerprint density at radius 2 is 2.00 bits per heavy atom. The van der Waals surface area contributed by atoms with Crippen LogP contribution in [0.2, 0.25) is 0 Å². The normalized spacial score (nSPS) is 10.4. The molecule has 0 unspecified atom stereocenters. The van der Waals surface area contributed by atoms with E-state index in [0.717, 1.165) is 27.1 Å². The van der Waals surface area contributed by atoms with Gasteiger partial charge in [0.05, 0.1) is 18.3 Å². The van der Waals surface area contributed by atoms with Gasteiger partial charge in [0.1, 0.15) is 5.82 Å². The third-order valence-electron chi connectivity index (χ3n) is 4.79. The number of pyridine rings is 1. The first-order valence-corrected chi connectivity index (χ1v) is 10.6. The van der Waals surface area contributed by atoms with Crippen LogP contribution in [0.5, 0.6) is 0 Å². The molecule has 1 amide bonds. The molecular weight excluding hydrogens is 406 g/mol. The maximum atomic E-state index is 12.5. The quantitative estimate of drug-likeness (QED) is 0.486. The van der Waals surface area contributed by atoms with Gasteiger partial charge in [-0.2, -0.15) is 5.10 Å². The molecule has 3 heterocycles. The Morgan fingerprint density at radius 1 is 1.16 bits per heavy atom. The Kier molecular flexibility index (Phi) is 5.83. The van der Waals surface area contributed by atoms with E-state index in [4.69, 9.17) is 5.73 Å². The van der Waals surface area contributed by atoms with Crippen molar-refractivity contribution in [3.8, 4) is 23.0 Å². The van der Waals surface area contributed by atoms with E-state index in [1.807, 2.05) is 55.9 Å². The van der Waals surface area contributed by atoms with Crippen LogP contribution in [0.25, 0.3) is 11.1 Å². The summed E-state index contributed by atoms with van der Waals surface area (Å²) >= 11 is 1.61. The molecule has 0 radical (unpaired) electrons. The Balaban J connectivity index is 1.57. The van der Waals surface area contributed by atoms with Crippen LogP contribution in [-0.4, -0.2) is 20.7 Å². The van der Waals surface area contributed by atoms with Crippen molar-refractivity contribution in [3.63, 3.8) is 0 Å². The molecule has 4 aromatic rings. The number of aryl methyl sites for hydroxylation is 2. The summed E-state index contributed by atoms with van der Waals surface area (Å²) in [4.78, 5) is 17.9. The lowest BCUT2D eigenvalue weighted by Crippen LogP contribution is -2.22. The number of carbonyl (C=O) groups excluding carboxylic acids is 1. The van der Waals surface area contributed by atoms with Gasteiger partial charge in [-0.15, -0.1) is 11.3 Å². The molecule has 0 saturated heterocycles. The Morgan fingerprint density at radius 3 is 2.74 bits per heavy atom. The van der Waals surface area contributed by atoms with Gasteiger partial charge >= 0.3 is 0 Å². The number of carbonyl (C=O) groups is 1. The summed E-state index contributed by atoms with van der Waals surface area (Å²) in [6, 6.07) is 11.4. The molecule has 6 nitrogen and oxygen atoms in total. The minimum Gasteiger partial charge on any atom is -0.383 e. The van der Waals surface area contributed by atoms with Crippen molar-refractivity contribution in [2.45, 2.75) is 13.5 Å². The molecule has 0 atom stereocenters. The number of aromatic nitrogens is 3. The maximum absolute atomic E-state index is 12.5. The topological polar surface area (TPSA) is 85.8 Å². The number of hydrogen-bond acceptors (Lipinski definition) is 5. The van der Waals surface area contributed by atoms with Crippen molar-refractivity contribution < 1.29 is 4.79 Å². The number of amides is 1. The molecule has 7 heteroatoms. The summed E-state index contributed by atoms with van der Waals surface area (Å²) < 4.78 is 1.73. The molecule has 4 rings (SSSR count). The molecule has 0 bridgehead atoms. The van der Waals surface area contributed by atoms with E-state index < -0.39 is 0 Å². The molecule has 0 aliphatic rings. The highest BCUT2D eigenvalue weighted by Gasteiger charge is 2.08. The van der Waals surface area contributed by atoms with Gasteiger partial charge < -0.3 is 11.1 Å². The first kappa shape index (κ1) is 20.4. The van der Waals surface area contributed by atoms with Gasteiger partial charge in [0, 0.05) is 46.6 Å². The molecule has 0 aliphatic carbocycles. The van der Waals surface area contributed by atoms with Gasteiger partial charge in [-0.05, 0) is 42.1 Å². The minimum atomic E-state index is -0.129. The van der Waals surface area contributed by atoms with Crippen LogP contribution in [0.4, 0.5) is 5.82 Å². The van der Waals surface area contributed by atoms with Crippen molar-refractivity contribution in [2.75, 3.05) is 5.73 Å². The number of benzene rings is 1. The van der Waals surface area contributed by atoms with E-state index in [1.54, 1.807) is 34.5 Å². The van der Waals surface area contributed by atoms with Gasteiger partial charge in [0.15, 0.2) is 0 Å². The molecule has 3 aromatic heterocycles. The van der Waals surface area contributed by atoms with Gasteiger partial charge in [-0.25, -0.2) is 4.98 Å². The van der Waals surface area contributed by atoms with Crippen LogP contribution in [0.3, 0.4) is 0 Å². The minimum absolute atomic E-state index is 0.129. The van der Waals surface area contributed by atoms with Crippen molar-refractivity contribution >= 4 is 23.1 Å². The SMILES string of the molecule is Cc1ccc(C(=O)NCc2cccs2)cc1C#Cc1cc(-c2cnn(C)c2)cnc1N. The molecular formula is C24H21N5OS. The molecule has 31 heavy (non-hydrogen) atoms. The van der Waals surface area contributed by atoms with Crippen LogP contribution in [-0.2, 0) is 13.6 Å². The third-order valence-corrected chi connectivity index (χ3v) is 5.67. The summed E-state index contributed by atoms with van der Waals surface area (Å²) in [6.07, 6.45) is 5.39. The lowest BCUT2D eigenvalue weighted by atomic mass is 10.0. The fraction of sp³-hybridized carbons (Fsp3) is 0.125. The average molecular weight is 428 g/mol. The van der Waals surface area contributed by atoms with Crippen molar-refractivity contribution in [1.82, 2.24) is 20.1 Å². The summed E-state index contributed by atoms with van der Waals surface area (Å²) in [5, 5.41) is 9.13. The Bertz CT molecular complexity index is 1300. The second-order valence-corrected chi connectivity index (χ2v) is 8.13. The number of nitrogen functional groups attached to an aromatic ring is 1. The zero-order valence-electron chi connectivity index (χ0n) is 17.2. The van der Waals surface area contributed by atoms with E-state index in [0.29, 0.717) is 23.5 Å². The highest BCUT2D eigenvalue weighted by atomic mass is 32.1. The van der Waals surface area contributed by atoms with Crippen molar-refractivity contribution in [1.29, 1.82) is 0 Å². The highest BCUT2D eigenvalue weighted by molar-refractivity contribution is 7.09. The second kappa shape index (κ2) is 8.86. The Labute approximate surface area is 184 Å². The predicted octanol–water partition coefficient (Wildman–Crippen LogP) is 3.76. The smallest absolute Gasteiger partial charge is 0.251 e. The number of nitrogens with two attached hydrogens (primary N) is 1. The van der Waals surface area contributed by atoms with Gasteiger partial charge in [0.25, 0.3) is 5.91 Å². The Hall–Kier alpha value is -3.89. The summed E-state index contributed by atoms with van der Waals surface area (Å²) in [6.45, 7) is 2.47. The lowest BCUT2D eigenvalue weighted by Gasteiger charge is -2.06. The summed E-state index contributed by atoms with van der Waals surface area (Å²) in [7, 11) is 1.86. The van der Waals surface area contributed by atoms with E-state index in [1.165, 1.54) is 0 Å². The van der Waals surface area contributed by atoms with Gasteiger partial charge in [-0.3, -0.25) is 9.48 Å². The van der Waals surface area contributed by atoms with Crippen molar-refractivity contribution in [3.05, 3.63) is 87.5 Å². The fourth-order valence-electron chi connectivity index (χ4n) is 3.02. The average Bonchev–Trinajstić information content (AvgIpc) is 3.44. The van der Waals surface area contributed by atoms with Crippen LogP contribution >= 0.6 is 11.3 Å². The standard InChI is InChI=1S/C24H21N5OS/c1-16-5-6-19(24(30)27-14-22-4-3-9-31-22)10-17(16)7-8-18-11-20(12-26-23(18)25)21-13-28-29(2)15-21/h3-6,9-13,15H,14H2,1-2H3,(H2,25,26)(H,27,30). The monoisotopic (exact) mass is 427 g/mol. The molecule has 0 fully saturated rings. The number of rotatable bonds is 4. The molecule has 154 valence electrons. The van der Waals surface area contributed by atoms with E-state index >= 15 is 0 Å². The first-order valence-electron chi connectivity index (χ1n) is 9.67. The first-order chi connectivity index (χ1) is 15.0. The van der Waals surface area contributed by atoms with Crippen molar-refractivity contribution in [2.24, 2.45) is 7.05 Å². The summed E-state index contributed by atoms with van der Waals surface area (Å²) in [5.41, 5.74) is 10.8. The molecule has 0 spiro atoms. The zero-order valence-corrected chi connectivity index (χ0v) is 18.0. The lowest BCUT2D eigenvalue weighted by molar-refractivity contribution is 0.0951. The molecule has 0 saturated carbocycles. The van der Waals surface area contributed by atoms with E-state index in [2.05, 4.69) is 27.2 Å². The highest BCUT2D eigenvalue weighted by Crippen LogP contribution is 2.21. The molecule has 0 aliphatic heterocycles. The van der Waals surface area contributed by atoms with Crippen LogP contribution in [0.15, 0.2) is 60.4 Å². The number of thiophene rings is 1. The number of nitrogens with one attached hydrogen (secondary N) is 1. The number of anilines is 1. The second-order valence-electron chi connectivity index (χ2n) is 7.10. The number of nitrogens with zero attached hydrogens (tertiary/aromatic N) is 3. The molecule has 3 N–H and O–H groups in total. The van der Waals surface area contributed by atoms with Crippen LogP contribution < -0.4 is 11.1 Å². The zero-order chi connectivity index (χ0) is 21.8. The van der Waals surface area contributed by atoms with Crippen LogP contribution in [0, 0.1) is 18.8 Å².